The first-order chi connectivity index (χ1) is 9.02. The average Bonchev–Trinajstić information content (AvgIpc) is 2.37. The second-order valence-electron chi connectivity index (χ2n) is 5.09. The van der Waals surface area contributed by atoms with Crippen LogP contribution in [-0.4, -0.2) is 7.05 Å². The number of benzene rings is 2. The predicted molar refractivity (Wildman–Crippen MR) is 85.7 cm³/mol. The van der Waals surface area contributed by atoms with Gasteiger partial charge in [0.1, 0.15) is 0 Å². The van der Waals surface area contributed by atoms with Crippen molar-refractivity contribution in [2.24, 2.45) is 0 Å². The maximum atomic E-state index is 3.62. The van der Waals surface area contributed by atoms with Crippen LogP contribution in [0.25, 0.3) is 0 Å². The molecule has 0 bridgehead atoms. The van der Waals surface area contributed by atoms with Gasteiger partial charge in [-0.3, -0.25) is 0 Å². The fourth-order valence-electron chi connectivity index (χ4n) is 2.44. The van der Waals surface area contributed by atoms with Crippen LogP contribution in [0.5, 0.6) is 0 Å². The van der Waals surface area contributed by atoms with E-state index in [1.54, 1.807) is 0 Å². The number of nitrogens with one attached hydrogen (secondary N) is 1. The summed E-state index contributed by atoms with van der Waals surface area (Å²) in [6.45, 7) is 6.42. The van der Waals surface area contributed by atoms with Gasteiger partial charge in [-0.25, -0.2) is 0 Å². The van der Waals surface area contributed by atoms with E-state index >= 15 is 0 Å². The van der Waals surface area contributed by atoms with Crippen molar-refractivity contribution in [1.82, 2.24) is 5.32 Å². The number of halogens is 1. The molecule has 0 aliphatic heterocycles. The molecule has 0 radical (unpaired) electrons. The zero-order valence-corrected chi connectivity index (χ0v) is 13.5. The minimum absolute atomic E-state index is 0.234. The third-order valence-corrected chi connectivity index (χ3v) is 4.41. The van der Waals surface area contributed by atoms with E-state index in [1.807, 2.05) is 7.05 Å². The maximum absolute atomic E-state index is 3.62. The number of hydrogen-bond donors (Lipinski definition) is 1. The molecule has 2 heteroatoms. The molecule has 0 aliphatic rings. The summed E-state index contributed by atoms with van der Waals surface area (Å²) >= 11 is 3.62. The lowest BCUT2D eigenvalue weighted by molar-refractivity contribution is 0.686. The van der Waals surface area contributed by atoms with E-state index in [-0.39, 0.29) is 6.04 Å². The maximum Gasteiger partial charge on any atom is 0.0577 e. The molecule has 0 spiro atoms. The molecule has 2 aromatic rings. The molecule has 1 unspecified atom stereocenters. The molecule has 0 heterocycles. The molecule has 0 saturated carbocycles. The molecule has 0 amide bonds. The molecule has 2 rings (SSSR count). The molecular formula is C17H20BrN. The van der Waals surface area contributed by atoms with Crippen LogP contribution in [0.4, 0.5) is 0 Å². The Kier molecular flexibility index (Phi) is 4.43. The van der Waals surface area contributed by atoms with Crippen LogP contribution in [0, 0.1) is 20.8 Å². The van der Waals surface area contributed by atoms with E-state index in [2.05, 4.69) is 78.4 Å². The molecule has 1 nitrogen and oxygen atoms in total. The van der Waals surface area contributed by atoms with Crippen LogP contribution < -0.4 is 5.32 Å². The SMILES string of the molecule is CNC(c1ccc(C)c(Br)c1)c1ccc(C)cc1C. The Bertz CT molecular complexity index is 590. The first-order valence-electron chi connectivity index (χ1n) is 6.53. The number of rotatable bonds is 3. The molecule has 1 N–H and O–H groups in total. The van der Waals surface area contributed by atoms with Crippen molar-refractivity contribution in [3.05, 3.63) is 68.7 Å². The van der Waals surface area contributed by atoms with Crippen molar-refractivity contribution in [2.45, 2.75) is 26.8 Å². The normalized spacial score (nSPS) is 12.5. The van der Waals surface area contributed by atoms with Crippen molar-refractivity contribution < 1.29 is 0 Å². The van der Waals surface area contributed by atoms with E-state index in [4.69, 9.17) is 0 Å². The Labute approximate surface area is 124 Å². The first-order valence-corrected chi connectivity index (χ1v) is 7.32. The zero-order valence-electron chi connectivity index (χ0n) is 11.9. The highest BCUT2D eigenvalue weighted by atomic mass is 79.9. The van der Waals surface area contributed by atoms with Gasteiger partial charge in [0, 0.05) is 4.47 Å². The van der Waals surface area contributed by atoms with E-state index in [0.29, 0.717) is 0 Å². The Morgan fingerprint density at radius 3 is 2.26 bits per heavy atom. The van der Waals surface area contributed by atoms with Crippen LogP contribution in [0.3, 0.4) is 0 Å². The molecule has 100 valence electrons. The lowest BCUT2D eigenvalue weighted by atomic mass is 9.93. The fraction of sp³-hybridized carbons (Fsp3) is 0.294. The van der Waals surface area contributed by atoms with Gasteiger partial charge in [-0.15, -0.1) is 0 Å². The largest absolute Gasteiger partial charge is 0.309 e. The molecule has 0 aliphatic carbocycles. The second kappa shape index (κ2) is 5.89. The van der Waals surface area contributed by atoms with E-state index in [9.17, 15) is 0 Å². The van der Waals surface area contributed by atoms with Crippen LogP contribution in [0.15, 0.2) is 40.9 Å². The van der Waals surface area contributed by atoms with Crippen molar-refractivity contribution in [2.75, 3.05) is 7.05 Å². The standard InChI is InChI=1S/C17H20BrN/c1-11-5-8-15(13(3)9-11)17(19-4)14-7-6-12(2)16(18)10-14/h5-10,17,19H,1-4H3. The highest BCUT2D eigenvalue weighted by molar-refractivity contribution is 9.10. The van der Waals surface area contributed by atoms with Gasteiger partial charge in [0.2, 0.25) is 0 Å². The van der Waals surface area contributed by atoms with Crippen LogP contribution >= 0.6 is 15.9 Å². The summed E-state index contributed by atoms with van der Waals surface area (Å²) in [5, 5.41) is 3.42. The van der Waals surface area contributed by atoms with Gasteiger partial charge in [0.05, 0.1) is 6.04 Å². The van der Waals surface area contributed by atoms with Gasteiger partial charge in [-0.2, -0.15) is 0 Å². The van der Waals surface area contributed by atoms with Gasteiger partial charge in [0.15, 0.2) is 0 Å². The van der Waals surface area contributed by atoms with Gasteiger partial charge in [0.25, 0.3) is 0 Å². The van der Waals surface area contributed by atoms with Gasteiger partial charge >= 0.3 is 0 Å². The number of hydrogen-bond acceptors (Lipinski definition) is 1. The topological polar surface area (TPSA) is 12.0 Å². The summed E-state index contributed by atoms with van der Waals surface area (Å²) in [5.41, 5.74) is 6.52. The predicted octanol–water partition coefficient (Wildman–Crippen LogP) is 4.68. The fourth-order valence-corrected chi connectivity index (χ4v) is 2.84. The summed E-state index contributed by atoms with van der Waals surface area (Å²) in [6.07, 6.45) is 0. The van der Waals surface area contributed by atoms with Gasteiger partial charge in [-0.1, -0.05) is 51.8 Å². The summed E-state index contributed by atoms with van der Waals surface area (Å²) in [5.74, 6) is 0. The Hall–Kier alpha value is -1.12. The lowest BCUT2D eigenvalue weighted by Crippen LogP contribution is -2.18. The van der Waals surface area contributed by atoms with E-state index in [1.165, 1.54) is 27.8 Å². The second-order valence-corrected chi connectivity index (χ2v) is 5.94. The van der Waals surface area contributed by atoms with Crippen LogP contribution in [0.1, 0.15) is 33.9 Å². The molecule has 0 aromatic heterocycles. The molecule has 1 atom stereocenters. The van der Waals surface area contributed by atoms with Gasteiger partial charge in [-0.05, 0) is 56.1 Å². The number of aryl methyl sites for hydroxylation is 3. The Morgan fingerprint density at radius 1 is 0.947 bits per heavy atom. The van der Waals surface area contributed by atoms with E-state index in [0.717, 1.165) is 4.47 Å². The van der Waals surface area contributed by atoms with E-state index < -0.39 is 0 Å². The minimum atomic E-state index is 0.234. The monoisotopic (exact) mass is 317 g/mol. The van der Waals surface area contributed by atoms with Crippen molar-refractivity contribution in [3.8, 4) is 0 Å². The molecule has 0 fully saturated rings. The van der Waals surface area contributed by atoms with Crippen molar-refractivity contribution in [1.29, 1.82) is 0 Å². The Balaban J connectivity index is 2.46. The lowest BCUT2D eigenvalue weighted by Gasteiger charge is -2.20. The highest BCUT2D eigenvalue weighted by Crippen LogP contribution is 2.28. The van der Waals surface area contributed by atoms with Gasteiger partial charge < -0.3 is 5.32 Å². The summed E-state index contributed by atoms with van der Waals surface area (Å²) < 4.78 is 1.16. The molecule has 19 heavy (non-hydrogen) atoms. The van der Waals surface area contributed by atoms with Crippen molar-refractivity contribution >= 4 is 15.9 Å². The summed E-state index contributed by atoms with van der Waals surface area (Å²) in [7, 11) is 2.01. The highest BCUT2D eigenvalue weighted by Gasteiger charge is 2.14. The average molecular weight is 318 g/mol. The molecule has 0 saturated heterocycles. The van der Waals surface area contributed by atoms with Crippen LogP contribution in [-0.2, 0) is 0 Å². The quantitative estimate of drug-likeness (QED) is 0.866. The minimum Gasteiger partial charge on any atom is -0.309 e. The smallest absolute Gasteiger partial charge is 0.0577 e. The molecule has 2 aromatic carbocycles. The van der Waals surface area contributed by atoms with Crippen molar-refractivity contribution in [3.63, 3.8) is 0 Å². The Morgan fingerprint density at radius 2 is 1.68 bits per heavy atom. The first kappa shape index (κ1) is 14.3. The van der Waals surface area contributed by atoms with Crippen LogP contribution in [0.2, 0.25) is 0 Å². The molecular weight excluding hydrogens is 298 g/mol. The third kappa shape index (κ3) is 3.07. The summed E-state index contributed by atoms with van der Waals surface area (Å²) in [6, 6.07) is 13.4. The zero-order chi connectivity index (χ0) is 14.0. The summed E-state index contributed by atoms with van der Waals surface area (Å²) in [4.78, 5) is 0. The third-order valence-electron chi connectivity index (χ3n) is 3.55.